The van der Waals surface area contributed by atoms with Gasteiger partial charge >= 0.3 is 0 Å². The predicted molar refractivity (Wildman–Crippen MR) is 36.4 cm³/mol. The summed E-state index contributed by atoms with van der Waals surface area (Å²) in [7, 11) is 4.11. The molecule has 0 aliphatic carbocycles. The summed E-state index contributed by atoms with van der Waals surface area (Å²) in [4.78, 5) is 11.7. The molecule has 0 spiro atoms. The van der Waals surface area contributed by atoms with Gasteiger partial charge in [0.05, 0.1) is 27.2 Å². The van der Waals surface area contributed by atoms with E-state index in [0.29, 0.717) is 0 Å². The SMILES string of the molecule is CC(=O)NCC[NH+](C)C. The molecule has 0 aliphatic heterocycles. The van der Waals surface area contributed by atoms with Crippen molar-refractivity contribution in [2.75, 3.05) is 27.2 Å². The average Bonchev–Trinajstić information content (AvgIpc) is 1.63. The highest BCUT2D eigenvalue weighted by atomic mass is 16.1. The van der Waals surface area contributed by atoms with E-state index in [-0.39, 0.29) is 5.91 Å². The Kier molecular flexibility index (Phi) is 4.05. The van der Waals surface area contributed by atoms with Gasteiger partial charge in [-0.15, -0.1) is 0 Å². The van der Waals surface area contributed by atoms with E-state index >= 15 is 0 Å². The molecular weight excluding hydrogens is 116 g/mol. The maximum Gasteiger partial charge on any atom is 0.217 e. The lowest BCUT2D eigenvalue weighted by Gasteiger charge is -2.05. The molecule has 2 N–H and O–H groups in total. The second-order valence-electron chi connectivity index (χ2n) is 2.44. The van der Waals surface area contributed by atoms with Crippen LogP contribution in [-0.4, -0.2) is 33.1 Å². The Morgan fingerprint density at radius 1 is 1.56 bits per heavy atom. The number of hydrogen-bond acceptors (Lipinski definition) is 1. The van der Waals surface area contributed by atoms with E-state index in [1.807, 2.05) is 0 Å². The van der Waals surface area contributed by atoms with Gasteiger partial charge in [0.1, 0.15) is 0 Å². The van der Waals surface area contributed by atoms with Gasteiger partial charge in [0.15, 0.2) is 0 Å². The number of rotatable bonds is 3. The van der Waals surface area contributed by atoms with Crippen molar-refractivity contribution in [2.45, 2.75) is 6.92 Å². The lowest BCUT2D eigenvalue weighted by molar-refractivity contribution is -0.856. The number of amides is 1. The van der Waals surface area contributed by atoms with E-state index in [1.54, 1.807) is 0 Å². The Hall–Kier alpha value is -0.570. The normalized spacial score (nSPS) is 9.78. The number of carbonyl (C=O) groups excluding carboxylic acids is 1. The highest BCUT2D eigenvalue weighted by Crippen LogP contribution is 1.55. The summed E-state index contributed by atoms with van der Waals surface area (Å²) < 4.78 is 0. The third-order valence-electron chi connectivity index (χ3n) is 0.999. The molecule has 9 heavy (non-hydrogen) atoms. The molecule has 0 unspecified atom stereocenters. The van der Waals surface area contributed by atoms with Crippen molar-refractivity contribution in [1.29, 1.82) is 0 Å². The Balaban J connectivity index is 3.01. The molecule has 0 bridgehead atoms. The number of hydrogen-bond donors (Lipinski definition) is 2. The summed E-state index contributed by atoms with van der Waals surface area (Å²) in [5, 5.41) is 2.72. The first-order valence-corrected chi connectivity index (χ1v) is 3.16. The highest BCUT2D eigenvalue weighted by Gasteiger charge is 1.92. The fraction of sp³-hybridized carbons (Fsp3) is 0.833. The van der Waals surface area contributed by atoms with Crippen molar-refractivity contribution in [3.8, 4) is 0 Å². The van der Waals surface area contributed by atoms with E-state index in [2.05, 4.69) is 19.4 Å². The zero-order valence-corrected chi connectivity index (χ0v) is 6.32. The quantitative estimate of drug-likeness (QED) is 0.469. The number of carbonyl (C=O) groups is 1. The van der Waals surface area contributed by atoms with Crippen LogP contribution in [0.15, 0.2) is 0 Å². The Bertz CT molecular complexity index is 91.1. The van der Waals surface area contributed by atoms with Gasteiger partial charge in [-0.05, 0) is 0 Å². The molecule has 0 aliphatic rings. The minimum atomic E-state index is 0.0521. The summed E-state index contributed by atoms with van der Waals surface area (Å²) in [6, 6.07) is 0. The fourth-order valence-electron chi connectivity index (χ4n) is 0.489. The molecule has 0 aromatic heterocycles. The van der Waals surface area contributed by atoms with Gasteiger partial charge in [-0.25, -0.2) is 0 Å². The van der Waals surface area contributed by atoms with Gasteiger partial charge in [0.2, 0.25) is 5.91 Å². The highest BCUT2D eigenvalue weighted by molar-refractivity contribution is 5.72. The zero-order valence-electron chi connectivity index (χ0n) is 6.32. The largest absolute Gasteiger partial charge is 0.351 e. The topological polar surface area (TPSA) is 33.5 Å². The van der Waals surface area contributed by atoms with Crippen LogP contribution >= 0.6 is 0 Å². The molecule has 3 heteroatoms. The first-order valence-electron chi connectivity index (χ1n) is 3.16. The monoisotopic (exact) mass is 131 g/mol. The minimum absolute atomic E-state index is 0.0521. The van der Waals surface area contributed by atoms with E-state index in [4.69, 9.17) is 0 Å². The van der Waals surface area contributed by atoms with Gasteiger partial charge in [0, 0.05) is 6.92 Å². The van der Waals surface area contributed by atoms with Crippen molar-refractivity contribution < 1.29 is 9.69 Å². The van der Waals surface area contributed by atoms with Gasteiger partial charge in [-0.3, -0.25) is 4.79 Å². The van der Waals surface area contributed by atoms with Crippen LogP contribution in [0.3, 0.4) is 0 Å². The van der Waals surface area contributed by atoms with E-state index < -0.39 is 0 Å². The molecule has 0 saturated heterocycles. The van der Waals surface area contributed by atoms with E-state index in [0.717, 1.165) is 13.1 Å². The van der Waals surface area contributed by atoms with Crippen LogP contribution in [0.2, 0.25) is 0 Å². The summed E-state index contributed by atoms with van der Waals surface area (Å²) in [6.07, 6.45) is 0. The molecule has 1 amide bonds. The fourth-order valence-corrected chi connectivity index (χ4v) is 0.489. The third-order valence-corrected chi connectivity index (χ3v) is 0.999. The molecule has 0 heterocycles. The standard InChI is InChI=1S/C6H14N2O/c1-6(9)7-4-5-8(2)3/h4-5H2,1-3H3,(H,7,9)/p+1. The van der Waals surface area contributed by atoms with E-state index in [9.17, 15) is 4.79 Å². The van der Waals surface area contributed by atoms with Crippen LogP contribution in [0.25, 0.3) is 0 Å². The van der Waals surface area contributed by atoms with Crippen molar-refractivity contribution >= 4 is 5.91 Å². The van der Waals surface area contributed by atoms with Crippen LogP contribution in [0.5, 0.6) is 0 Å². The average molecular weight is 131 g/mol. The lowest BCUT2D eigenvalue weighted by Crippen LogP contribution is -3.06. The smallest absolute Gasteiger partial charge is 0.217 e. The van der Waals surface area contributed by atoms with Crippen molar-refractivity contribution in [3.05, 3.63) is 0 Å². The predicted octanol–water partition coefficient (Wildman–Crippen LogP) is -1.73. The lowest BCUT2D eigenvalue weighted by atomic mass is 10.5. The summed E-state index contributed by atoms with van der Waals surface area (Å²) in [5.41, 5.74) is 0. The summed E-state index contributed by atoms with van der Waals surface area (Å²) >= 11 is 0. The first-order chi connectivity index (χ1) is 4.13. The van der Waals surface area contributed by atoms with Crippen molar-refractivity contribution in [1.82, 2.24) is 5.32 Å². The zero-order chi connectivity index (χ0) is 7.28. The molecule has 0 aromatic rings. The minimum Gasteiger partial charge on any atom is -0.351 e. The van der Waals surface area contributed by atoms with Crippen LogP contribution < -0.4 is 10.2 Å². The van der Waals surface area contributed by atoms with Crippen LogP contribution in [0.4, 0.5) is 0 Å². The number of likely N-dealkylation sites (N-methyl/N-ethyl adjacent to an activating group) is 1. The summed E-state index contributed by atoms with van der Waals surface area (Å²) in [5.74, 6) is 0.0521. The van der Waals surface area contributed by atoms with Gasteiger partial charge in [0.25, 0.3) is 0 Å². The molecule has 0 rings (SSSR count). The Labute approximate surface area is 56.0 Å². The number of nitrogens with one attached hydrogen (secondary N) is 2. The summed E-state index contributed by atoms with van der Waals surface area (Å²) in [6.45, 7) is 3.29. The second kappa shape index (κ2) is 4.32. The Morgan fingerprint density at radius 3 is 2.44 bits per heavy atom. The molecule has 0 saturated carbocycles. The molecule has 0 atom stereocenters. The number of quaternary nitrogens is 1. The molecule has 0 radical (unpaired) electrons. The molecule has 54 valence electrons. The van der Waals surface area contributed by atoms with Crippen molar-refractivity contribution in [2.24, 2.45) is 0 Å². The molecule has 0 aromatic carbocycles. The van der Waals surface area contributed by atoms with Gasteiger partial charge < -0.3 is 10.2 Å². The Morgan fingerprint density at radius 2 is 2.11 bits per heavy atom. The molecule has 0 fully saturated rings. The van der Waals surface area contributed by atoms with Crippen molar-refractivity contribution in [3.63, 3.8) is 0 Å². The third kappa shape index (κ3) is 7.43. The maximum atomic E-state index is 10.3. The molecular formula is C6H15N2O+. The van der Waals surface area contributed by atoms with Gasteiger partial charge in [-0.2, -0.15) is 0 Å². The van der Waals surface area contributed by atoms with Gasteiger partial charge in [-0.1, -0.05) is 0 Å². The first kappa shape index (κ1) is 8.43. The molecule has 3 nitrogen and oxygen atoms in total. The van der Waals surface area contributed by atoms with Crippen LogP contribution in [-0.2, 0) is 4.79 Å². The maximum absolute atomic E-state index is 10.3. The van der Waals surface area contributed by atoms with Crippen LogP contribution in [0.1, 0.15) is 6.92 Å². The van der Waals surface area contributed by atoms with Crippen LogP contribution in [0, 0.1) is 0 Å². The second-order valence-corrected chi connectivity index (χ2v) is 2.44. The van der Waals surface area contributed by atoms with E-state index in [1.165, 1.54) is 11.8 Å².